The molecule has 7 aliphatic rings. The van der Waals surface area contributed by atoms with E-state index in [-0.39, 0.29) is 60.4 Å². The van der Waals surface area contributed by atoms with Crippen molar-refractivity contribution in [2.45, 2.75) is 157 Å². The fourth-order valence-electron chi connectivity index (χ4n) is 16.3. The van der Waals surface area contributed by atoms with Crippen LogP contribution in [0.25, 0.3) is 0 Å². The van der Waals surface area contributed by atoms with E-state index in [1.165, 1.54) is 158 Å². The number of nitrogens with zero attached hydrogens (tertiary/aromatic N) is 6. The van der Waals surface area contributed by atoms with Crippen LogP contribution in [-0.4, -0.2) is 27.9 Å². The first-order valence-corrected chi connectivity index (χ1v) is 34.9. The molecule has 7 aliphatic heterocycles. The Labute approximate surface area is 547 Å². The molecule has 6 nitrogen and oxygen atoms in total. The van der Waals surface area contributed by atoms with Gasteiger partial charge in [0.05, 0.1) is 0 Å². The SMILES string of the molecule is CC(C)(C)c1ccc2c(c1)B1c3[se]c4c5c3N(c3ccccc3N5c3ccc5c6c3B4c3ccc(C(C)(C)C)cc3N6c3cc(C(C)(C)C)cc(C(C)(C)C)c3N5c3ccccc3)c3ccc4c(c31)N2c1cc(C(C)(C)C)cc(C(C)(C)C)c1N4c1ccccc1. The van der Waals surface area contributed by atoms with Crippen LogP contribution in [0.1, 0.15) is 158 Å². The van der Waals surface area contributed by atoms with Crippen molar-refractivity contribution in [1.29, 1.82) is 0 Å². The Hall–Kier alpha value is -8.09. The molecular formula is C82H82B2N6Se. The van der Waals surface area contributed by atoms with Gasteiger partial charge >= 0.3 is 551 Å². The average molecular weight is 1250 g/mol. The number of para-hydroxylation sites is 4. The second kappa shape index (κ2) is 18.4. The van der Waals surface area contributed by atoms with Gasteiger partial charge in [-0.15, -0.1) is 0 Å². The Balaban J connectivity index is 1.00. The summed E-state index contributed by atoms with van der Waals surface area (Å²) in [6.45, 7) is 43.1. The molecule has 0 bridgehead atoms. The minimum atomic E-state index is -0.175. The van der Waals surface area contributed by atoms with Crippen molar-refractivity contribution >= 4 is 161 Å². The molecule has 8 heterocycles. The van der Waals surface area contributed by atoms with Gasteiger partial charge in [-0.2, -0.15) is 0 Å². The van der Waals surface area contributed by atoms with Gasteiger partial charge in [0.1, 0.15) is 0 Å². The molecule has 452 valence electrons. The standard InChI is InChI=1S/C82H82B2N6Se/c1-77(2,3)47-34-36-57-56(43-47)84-68-61(38-39-62-71(68)87(57)65-45-49(79(7,8)9)41-53(81(13,14)15)69(65)85(62)51-27-21-19-22-28-51)89-59-32-26-25-31-58(59)88-60-37-40-63-72-67(60)83(75-73(88)74(89)76(84)91-75)55-35-33-48(78(4,5)6)44-64(55)90(72)66-46-50(80(10,11)12)42-54(82(16,17)18)70(66)86(63)52-29-23-20-24-30-52/h19-46H,1-18H3. The van der Waals surface area contributed by atoms with Crippen LogP contribution in [0, 0.1) is 0 Å². The summed E-state index contributed by atoms with van der Waals surface area (Å²) in [5, 5.41) is 0. The second-order valence-corrected chi connectivity index (χ2v) is 35.4. The van der Waals surface area contributed by atoms with E-state index < -0.39 is 0 Å². The van der Waals surface area contributed by atoms with Gasteiger partial charge in [0.2, 0.25) is 0 Å². The molecule has 1 aromatic heterocycles. The van der Waals surface area contributed by atoms with Gasteiger partial charge in [0, 0.05) is 0 Å². The first-order valence-electron chi connectivity index (χ1n) is 33.2. The van der Waals surface area contributed by atoms with E-state index in [0.29, 0.717) is 0 Å². The summed E-state index contributed by atoms with van der Waals surface area (Å²) in [5.41, 5.74) is 35.8. The molecule has 0 amide bonds. The van der Waals surface area contributed by atoms with E-state index in [4.69, 9.17) is 0 Å². The van der Waals surface area contributed by atoms with Crippen LogP contribution in [0.2, 0.25) is 0 Å². The summed E-state index contributed by atoms with van der Waals surface area (Å²) < 4.78 is 3.11. The van der Waals surface area contributed by atoms with Crippen LogP contribution in [0.3, 0.4) is 0 Å². The zero-order valence-electron chi connectivity index (χ0n) is 56.4. The third-order valence-electron chi connectivity index (χ3n) is 21.0. The van der Waals surface area contributed by atoms with Gasteiger partial charge in [0.15, 0.2) is 0 Å². The van der Waals surface area contributed by atoms with Crippen molar-refractivity contribution in [1.82, 2.24) is 0 Å². The van der Waals surface area contributed by atoms with E-state index in [1.807, 2.05) is 0 Å². The Morgan fingerprint density at radius 1 is 0.253 bits per heavy atom. The zero-order chi connectivity index (χ0) is 63.4. The van der Waals surface area contributed by atoms with Gasteiger partial charge in [-0.05, 0) is 0 Å². The number of anilines is 18. The Morgan fingerprint density at radius 2 is 0.615 bits per heavy atom. The average Bonchev–Trinajstić information content (AvgIpc) is 1.65. The molecule has 0 saturated heterocycles. The van der Waals surface area contributed by atoms with Gasteiger partial charge < -0.3 is 0 Å². The van der Waals surface area contributed by atoms with Crippen LogP contribution in [0.15, 0.2) is 170 Å². The third-order valence-corrected chi connectivity index (χ3v) is 23.7. The van der Waals surface area contributed by atoms with Crippen LogP contribution >= 0.6 is 0 Å². The Kier molecular flexibility index (Phi) is 11.5. The number of hydrogen-bond donors (Lipinski definition) is 0. The van der Waals surface area contributed by atoms with Crippen molar-refractivity contribution in [3.8, 4) is 0 Å². The Bertz CT molecular complexity index is 4820. The molecule has 0 aliphatic carbocycles. The zero-order valence-corrected chi connectivity index (χ0v) is 58.1. The van der Waals surface area contributed by atoms with E-state index in [2.05, 4.69) is 324 Å². The van der Waals surface area contributed by atoms with E-state index >= 15 is 0 Å². The minimum absolute atomic E-state index is 0.00850. The summed E-state index contributed by atoms with van der Waals surface area (Å²) in [4.78, 5) is 16.3. The molecule has 0 unspecified atom stereocenters. The van der Waals surface area contributed by atoms with Crippen molar-refractivity contribution in [2.75, 3.05) is 29.4 Å². The number of rotatable bonds is 2. The summed E-state index contributed by atoms with van der Waals surface area (Å²) in [5.74, 6) is 0. The van der Waals surface area contributed by atoms with E-state index in [9.17, 15) is 0 Å². The second-order valence-electron chi connectivity index (χ2n) is 33.1. The molecule has 0 radical (unpaired) electrons. The van der Waals surface area contributed by atoms with Crippen molar-refractivity contribution < 1.29 is 0 Å². The predicted octanol–water partition coefficient (Wildman–Crippen LogP) is 18.6. The monoisotopic (exact) mass is 1250 g/mol. The molecule has 91 heavy (non-hydrogen) atoms. The topological polar surface area (TPSA) is 19.4 Å². The fraction of sp³-hybridized carbons (Fsp3) is 0.293. The maximum atomic E-state index is 2.76. The van der Waals surface area contributed by atoms with Crippen LogP contribution in [0.5, 0.6) is 0 Å². The molecule has 10 aromatic rings. The molecule has 0 atom stereocenters. The first-order chi connectivity index (χ1) is 43.0. The van der Waals surface area contributed by atoms with Crippen molar-refractivity contribution in [2.24, 2.45) is 0 Å². The van der Waals surface area contributed by atoms with Gasteiger partial charge in [-0.25, -0.2) is 0 Å². The van der Waals surface area contributed by atoms with Crippen molar-refractivity contribution in [3.63, 3.8) is 0 Å². The molecule has 0 spiro atoms. The summed E-state index contributed by atoms with van der Waals surface area (Å²) in [6, 6.07) is 67.3. The van der Waals surface area contributed by atoms with Gasteiger partial charge in [0.25, 0.3) is 0 Å². The number of hydrogen-bond acceptors (Lipinski definition) is 6. The maximum absolute atomic E-state index is 2.76. The summed E-state index contributed by atoms with van der Waals surface area (Å²) >= 11 is -0.117. The molecule has 0 fully saturated rings. The Morgan fingerprint density at radius 3 is 1.05 bits per heavy atom. The van der Waals surface area contributed by atoms with E-state index in [1.54, 1.807) is 8.67 Å². The molecule has 0 saturated carbocycles. The molecular weight excluding hydrogens is 1170 g/mol. The first kappa shape index (κ1) is 56.9. The number of benzene rings is 9. The normalized spacial score (nSPS) is 15.4. The molecule has 17 rings (SSSR count). The quantitative estimate of drug-likeness (QED) is 0.160. The predicted molar refractivity (Wildman–Crippen MR) is 394 cm³/mol. The third kappa shape index (κ3) is 7.80. The molecule has 0 N–H and O–H groups in total. The fourth-order valence-corrected chi connectivity index (χ4v) is 19.5. The van der Waals surface area contributed by atoms with Gasteiger partial charge in [-0.3, -0.25) is 0 Å². The summed E-state index contributed by atoms with van der Waals surface area (Å²) in [7, 11) is 0. The van der Waals surface area contributed by atoms with Crippen LogP contribution in [0.4, 0.5) is 102 Å². The van der Waals surface area contributed by atoms with Gasteiger partial charge in [-0.1, -0.05) is 0 Å². The van der Waals surface area contributed by atoms with Crippen LogP contribution < -0.4 is 59.9 Å². The van der Waals surface area contributed by atoms with E-state index in [0.717, 1.165) is 0 Å². The molecule has 9 aromatic carbocycles. The van der Waals surface area contributed by atoms with Crippen molar-refractivity contribution in [3.05, 3.63) is 203 Å². The number of fused-ring (bicyclic) bond motifs is 17. The van der Waals surface area contributed by atoms with Crippen LogP contribution in [-0.2, 0) is 32.5 Å². The molecule has 9 heteroatoms. The summed E-state index contributed by atoms with van der Waals surface area (Å²) in [6.07, 6.45) is 0.